The molecule has 1 amide bonds. The zero-order valence-electron chi connectivity index (χ0n) is 12.7. The van der Waals surface area contributed by atoms with Crippen LogP contribution < -0.4 is 10.5 Å². The van der Waals surface area contributed by atoms with E-state index in [-0.39, 0.29) is 11.3 Å². The summed E-state index contributed by atoms with van der Waals surface area (Å²) >= 11 is 1.48. The van der Waals surface area contributed by atoms with Crippen LogP contribution in [0.2, 0.25) is 0 Å². The SMILES string of the molecule is NC(=O)c1ccc(Oc2cc(-c3cncs3)cn3nccc23)c(F)c1. The molecule has 1 aromatic carbocycles. The van der Waals surface area contributed by atoms with Gasteiger partial charge in [-0.25, -0.2) is 8.91 Å². The van der Waals surface area contributed by atoms with Crippen molar-refractivity contribution in [2.24, 2.45) is 5.73 Å². The molecule has 4 rings (SSSR count). The lowest BCUT2D eigenvalue weighted by Crippen LogP contribution is -2.11. The minimum absolute atomic E-state index is 0.00504. The van der Waals surface area contributed by atoms with Gasteiger partial charge in [0.2, 0.25) is 5.91 Å². The number of nitrogens with two attached hydrogens (primary N) is 1. The van der Waals surface area contributed by atoms with Crippen molar-refractivity contribution in [3.05, 3.63) is 65.8 Å². The molecule has 8 heteroatoms. The van der Waals surface area contributed by atoms with Gasteiger partial charge in [0.1, 0.15) is 5.52 Å². The summed E-state index contributed by atoms with van der Waals surface area (Å²) in [6.07, 6.45) is 5.22. The average Bonchev–Trinajstić information content (AvgIpc) is 3.27. The Labute approximate surface area is 145 Å². The zero-order chi connectivity index (χ0) is 17.4. The molecule has 4 aromatic rings. The Hall–Kier alpha value is -3.26. The van der Waals surface area contributed by atoms with Crippen LogP contribution in [0, 0.1) is 5.82 Å². The highest BCUT2D eigenvalue weighted by Gasteiger charge is 2.13. The number of aromatic nitrogens is 3. The molecule has 0 saturated carbocycles. The predicted octanol–water partition coefficient (Wildman–Crippen LogP) is 3.49. The molecule has 0 bridgehead atoms. The lowest BCUT2D eigenvalue weighted by molar-refractivity contribution is 0.1000. The van der Waals surface area contributed by atoms with Crippen LogP contribution in [0.15, 0.2) is 54.4 Å². The van der Waals surface area contributed by atoms with Crippen LogP contribution in [0.3, 0.4) is 0 Å². The number of rotatable bonds is 4. The fourth-order valence-electron chi connectivity index (χ4n) is 2.43. The monoisotopic (exact) mass is 354 g/mol. The van der Waals surface area contributed by atoms with E-state index in [0.29, 0.717) is 11.3 Å². The van der Waals surface area contributed by atoms with Gasteiger partial charge in [-0.3, -0.25) is 9.78 Å². The van der Waals surface area contributed by atoms with Crippen molar-refractivity contribution in [3.8, 4) is 21.9 Å². The number of fused-ring (bicyclic) bond motifs is 1. The first-order valence-electron chi connectivity index (χ1n) is 7.25. The molecule has 0 fully saturated rings. The minimum Gasteiger partial charge on any atom is -0.452 e. The number of primary amides is 1. The van der Waals surface area contributed by atoms with Crippen molar-refractivity contribution >= 4 is 22.8 Å². The van der Waals surface area contributed by atoms with E-state index in [2.05, 4.69) is 10.1 Å². The summed E-state index contributed by atoms with van der Waals surface area (Å²) in [4.78, 5) is 16.1. The highest BCUT2D eigenvalue weighted by Crippen LogP contribution is 2.33. The lowest BCUT2D eigenvalue weighted by Gasteiger charge is -2.10. The fraction of sp³-hybridized carbons (Fsp3) is 0. The molecular weight excluding hydrogens is 343 g/mol. The summed E-state index contributed by atoms with van der Waals surface area (Å²) in [6, 6.07) is 7.41. The third-order valence-corrected chi connectivity index (χ3v) is 4.45. The number of carbonyl (C=O) groups is 1. The lowest BCUT2D eigenvalue weighted by atomic mass is 10.2. The topological polar surface area (TPSA) is 82.5 Å². The first-order valence-corrected chi connectivity index (χ1v) is 8.13. The van der Waals surface area contributed by atoms with Gasteiger partial charge < -0.3 is 10.5 Å². The van der Waals surface area contributed by atoms with Crippen molar-refractivity contribution in [1.29, 1.82) is 0 Å². The Morgan fingerprint density at radius 1 is 1.24 bits per heavy atom. The molecule has 3 aromatic heterocycles. The number of thiazole rings is 1. The van der Waals surface area contributed by atoms with Gasteiger partial charge in [-0.2, -0.15) is 5.10 Å². The number of pyridine rings is 1. The van der Waals surface area contributed by atoms with Crippen LogP contribution in [0.1, 0.15) is 10.4 Å². The molecular formula is C17H11FN4O2S. The van der Waals surface area contributed by atoms with E-state index >= 15 is 0 Å². The molecule has 0 saturated heterocycles. The molecule has 0 aliphatic carbocycles. The molecule has 0 atom stereocenters. The van der Waals surface area contributed by atoms with Gasteiger partial charge in [-0.05, 0) is 30.3 Å². The fourth-order valence-corrected chi connectivity index (χ4v) is 3.03. The van der Waals surface area contributed by atoms with Crippen molar-refractivity contribution in [2.75, 3.05) is 0 Å². The Bertz CT molecular complexity index is 1080. The summed E-state index contributed by atoms with van der Waals surface area (Å²) in [5, 5.41) is 4.22. The number of halogens is 1. The highest BCUT2D eigenvalue weighted by molar-refractivity contribution is 7.13. The normalized spacial score (nSPS) is 10.9. The number of hydrogen-bond acceptors (Lipinski definition) is 5. The second kappa shape index (κ2) is 5.99. The molecule has 0 spiro atoms. The summed E-state index contributed by atoms with van der Waals surface area (Å²) in [5.74, 6) is -0.934. The van der Waals surface area contributed by atoms with E-state index in [9.17, 15) is 9.18 Å². The Kier molecular flexibility index (Phi) is 3.66. The molecule has 2 N–H and O–H groups in total. The van der Waals surface area contributed by atoms with Crippen molar-refractivity contribution in [3.63, 3.8) is 0 Å². The Morgan fingerprint density at radius 2 is 2.12 bits per heavy atom. The van der Waals surface area contributed by atoms with Gasteiger partial charge in [0.05, 0.1) is 16.6 Å². The van der Waals surface area contributed by atoms with Gasteiger partial charge >= 0.3 is 0 Å². The first-order chi connectivity index (χ1) is 12.1. The van der Waals surface area contributed by atoms with E-state index in [0.717, 1.165) is 16.5 Å². The maximum Gasteiger partial charge on any atom is 0.248 e. The smallest absolute Gasteiger partial charge is 0.248 e. The Morgan fingerprint density at radius 3 is 2.84 bits per heavy atom. The van der Waals surface area contributed by atoms with Crippen molar-refractivity contribution in [1.82, 2.24) is 14.6 Å². The number of amides is 1. The number of ether oxygens (including phenoxy) is 1. The summed E-state index contributed by atoms with van der Waals surface area (Å²) < 4.78 is 21.6. The van der Waals surface area contributed by atoms with Gasteiger partial charge in [-0.1, -0.05) is 0 Å². The quantitative estimate of drug-likeness (QED) is 0.608. The Balaban J connectivity index is 1.79. The number of nitrogens with zero attached hydrogens (tertiary/aromatic N) is 3. The molecule has 6 nitrogen and oxygen atoms in total. The van der Waals surface area contributed by atoms with Gasteiger partial charge in [0, 0.05) is 23.5 Å². The van der Waals surface area contributed by atoms with Crippen molar-refractivity contribution < 1.29 is 13.9 Å². The molecule has 3 heterocycles. The summed E-state index contributed by atoms with van der Waals surface area (Å²) in [6.45, 7) is 0. The highest BCUT2D eigenvalue weighted by atomic mass is 32.1. The van der Waals surface area contributed by atoms with Crippen LogP contribution >= 0.6 is 11.3 Å². The minimum atomic E-state index is -0.698. The second-order valence-corrected chi connectivity index (χ2v) is 6.12. The molecule has 25 heavy (non-hydrogen) atoms. The maximum atomic E-state index is 14.2. The standard InChI is InChI=1S/C17H11FN4O2S/c18-12-5-10(17(19)23)1-2-14(12)24-15-6-11(16-7-20-9-25-16)8-22-13(15)3-4-21-22/h1-9H,(H2,19,23). The molecule has 124 valence electrons. The van der Waals surface area contributed by atoms with Crippen LogP contribution in [-0.4, -0.2) is 20.5 Å². The average molecular weight is 354 g/mol. The van der Waals surface area contributed by atoms with E-state index in [1.54, 1.807) is 34.6 Å². The second-order valence-electron chi connectivity index (χ2n) is 5.23. The van der Waals surface area contributed by atoms with E-state index in [4.69, 9.17) is 10.5 Å². The van der Waals surface area contributed by atoms with Gasteiger partial charge in [0.25, 0.3) is 0 Å². The van der Waals surface area contributed by atoms with Crippen LogP contribution in [0.4, 0.5) is 4.39 Å². The predicted molar refractivity (Wildman–Crippen MR) is 91.3 cm³/mol. The largest absolute Gasteiger partial charge is 0.452 e. The first kappa shape index (κ1) is 15.3. The molecule has 0 aliphatic heterocycles. The molecule has 0 aliphatic rings. The van der Waals surface area contributed by atoms with Crippen LogP contribution in [0.5, 0.6) is 11.5 Å². The van der Waals surface area contributed by atoms with Crippen LogP contribution in [0.25, 0.3) is 16.0 Å². The van der Waals surface area contributed by atoms with Crippen LogP contribution in [-0.2, 0) is 0 Å². The number of benzene rings is 1. The number of hydrogen-bond donors (Lipinski definition) is 1. The van der Waals surface area contributed by atoms with E-state index in [1.807, 2.05) is 6.20 Å². The van der Waals surface area contributed by atoms with Gasteiger partial charge in [0.15, 0.2) is 17.3 Å². The van der Waals surface area contributed by atoms with E-state index in [1.165, 1.54) is 23.5 Å². The summed E-state index contributed by atoms with van der Waals surface area (Å²) in [5.41, 5.74) is 8.50. The molecule has 0 unspecified atom stereocenters. The number of carbonyl (C=O) groups excluding carboxylic acids is 1. The van der Waals surface area contributed by atoms with Gasteiger partial charge in [-0.15, -0.1) is 11.3 Å². The van der Waals surface area contributed by atoms with E-state index < -0.39 is 11.7 Å². The summed E-state index contributed by atoms with van der Waals surface area (Å²) in [7, 11) is 0. The maximum absolute atomic E-state index is 14.2. The van der Waals surface area contributed by atoms with Crippen molar-refractivity contribution in [2.45, 2.75) is 0 Å². The molecule has 0 radical (unpaired) electrons. The third kappa shape index (κ3) is 2.83. The third-order valence-electron chi connectivity index (χ3n) is 3.62. The zero-order valence-corrected chi connectivity index (χ0v) is 13.5.